The van der Waals surface area contributed by atoms with Crippen molar-refractivity contribution < 1.29 is 9.84 Å². The number of morpholine rings is 1. The molecule has 2 aliphatic rings. The Hall–Kier alpha value is -2.91. The molecule has 3 aromatic rings. The molecule has 1 aromatic carbocycles. The molecule has 0 unspecified atom stereocenters. The lowest BCUT2D eigenvalue weighted by Gasteiger charge is -2.31. The number of hydrogen-bond donors (Lipinski definition) is 3. The van der Waals surface area contributed by atoms with Crippen LogP contribution in [0.15, 0.2) is 24.3 Å². The van der Waals surface area contributed by atoms with E-state index in [-0.39, 0.29) is 6.61 Å². The fraction of sp³-hybridized carbons (Fsp3) is 0.450. The zero-order chi connectivity index (χ0) is 20.0. The predicted octanol–water partition coefficient (Wildman–Crippen LogP) is 1.79. The van der Waals surface area contributed by atoms with Crippen LogP contribution in [0.3, 0.4) is 0 Å². The lowest BCUT2D eigenvalue weighted by Crippen LogP contribution is -2.41. The molecule has 9 nitrogen and oxygen atoms in total. The fourth-order valence-corrected chi connectivity index (χ4v) is 4.06. The number of rotatable bonds is 4. The van der Waals surface area contributed by atoms with Crippen molar-refractivity contribution in [2.24, 2.45) is 7.05 Å². The third kappa shape index (κ3) is 2.80. The first-order chi connectivity index (χ1) is 14.1. The van der Waals surface area contributed by atoms with Crippen LogP contribution in [0.4, 0.5) is 17.2 Å². The van der Waals surface area contributed by atoms with E-state index in [9.17, 15) is 5.11 Å². The molecule has 2 aromatic heterocycles. The van der Waals surface area contributed by atoms with Crippen molar-refractivity contribution in [3.05, 3.63) is 35.9 Å². The van der Waals surface area contributed by atoms with Gasteiger partial charge in [-0.1, -0.05) is 19.1 Å². The third-order valence-corrected chi connectivity index (χ3v) is 5.78. The third-order valence-electron chi connectivity index (χ3n) is 5.78. The number of nitrogens with zero attached hydrogens (tertiary/aromatic N) is 5. The minimum absolute atomic E-state index is 0.147. The maximum Gasteiger partial charge on any atom is 0.179 e. The predicted molar refractivity (Wildman–Crippen MR) is 111 cm³/mol. The highest BCUT2D eigenvalue weighted by Crippen LogP contribution is 2.41. The van der Waals surface area contributed by atoms with Crippen LogP contribution in [-0.2, 0) is 24.1 Å². The van der Waals surface area contributed by atoms with Gasteiger partial charge < -0.3 is 29.9 Å². The summed E-state index contributed by atoms with van der Waals surface area (Å²) in [5.41, 5.74) is 2.89. The topological polar surface area (TPSA) is 100 Å². The smallest absolute Gasteiger partial charge is 0.179 e. The second-order valence-electron chi connectivity index (χ2n) is 7.44. The number of fused-ring (bicyclic) bond motifs is 2. The first kappa shape index (κ1) is 18.1. The minimum atomic E-state index is -0.609. The Morgan fingerprint density at radius 1 is 1.10 bits per heavy atom. The van der Waals surface area contributed by atoms with Crippen molar-refractivity contribution in [1.82, 2.24) is 19.5 Å². The van der Waals surface area contributed by atoms with E-state index >= 15 is 0 Å². The molecule has 1 saturated heterocycles. The van der Waals surface area contributed by atoms with Gasteiger partial charge in [-0.15, -0.1) is 0 Å². The van der Waals surface area contributed by atoms with Gasteiger partial charge in [0.1, 0.15) is 12.4 Å². The number of aliphatic hydroxyl groups excluding tert-OH is 1. The molecule has 0 bridgehead atoms. The maximum atomic E-state index is 9.73. The van der Waals surface area contributed by atoms with Gasteiger partial charge in [0, 0.05) is 20.1 Å². The highest BCUT2D eigenvalue weighted by Gasteiger charge is 2.40. The second-order valence-corrected chi connectivity index (χ2v) is 7.44. The van der Waals surface area contributed by atoms with Crippen molar-refractivity contribution in [1.29, 1.82) is 0 Å². The number of para-hydroxylation sites is 2. The molecule has 3 N–H and O–H groups in total. The van der Waals surface area contributed by atoms with E-state index in [1.165, 1.54) is 0 Å². The van der Waals surface area contributed by atoms with Crippen molar-refractivity contribution in [2.45, 2.75) is 25.6 Å². The van der Waals surface area contributed by atoms with Crippen molar-refractivity contribution in [2.75, 3.05) is 41.8 Å². The zero-order valence-corrected chi connectivity index (χ0v) is 16.6. The molecule has 29 heavy (non-hydrogen) atoms. The zero-order valence-electron chi connectivity index (χ0n) is 16.6. The van der Waals surface area contributed by atoms with Gasteiger partial charge in [-0.3, -0.25) is 0 Å². The van der Waals surface area contributed by atoms with E-state index in [1.54, 1.807) is 0 Å². The number of aromatic nitrogens is 4. The van der Waals surface area contributed by atoms with Gasteiger partial charge in [-0.2, -0.15) is 0 Å². The molecule has 0 amide bonds. The van der Waals surface area contributed by atoms with Gasteiger partial charge in [0.25, 0.3) is 0 Å². The summed E-state index contributed by atoms with van der Waals surface area (Å²) < 4.78 is 7.36. The average molecular weight is 395 g/mol. The molecule has 0 atom stereocenters. The molecule has 2 aliphatic heterocycles. The van der Waals surface area contributed by atoms with Crippen LogP contribution in [0, 0.1) is 0 Å². The van der Waals surface area contributed by atoms with E-state index < -0.39 is 5.66 Å². The van der Waals surface area contributed by atoms with E-state index in [2.05, 4.69) is 39.6 Å². The fourth-order valence-electron chi connectivity index (χ4n) is 4.06. The van der Waals surface area contributed by atoms with Crippen LogP contribution in [0.2, 0.25) is 0 Å². The number of aryl methyl sites for hydroxylation is 1. The molecular formula is C20H25N7O2. The van der Waals surface area contributed by atoms with Crippen LogP contribution < -0.4 is 15.5 Å². The number of hydrogen-bond acceptors (Lipinski definition) is 8. The number of anilines is 3. The van der Waals surface area contributed by atoms with E-state index in [0.717, 1.165) is 36.7 Å². The summed E-state index contributed by atoms with van der Waals surface area (Å²) in [5.74, 6) is 2.02. The monoisotopic (exact) mass is 395 g/mol. The van der Waals surface area contributed by atoms with E-state index in [0.29, 0.717) is 36.0 Å². The summed E-state index contributed by atoms with van der Waals surface area (Å²) in [6.07, 6.45) is 0.750. The quantitative estimate of drug-likeness (QED) is 0.615. The second kappa shape index (κ2) is 6.85. The maximum absolute atomic E-state index is 9.73. The average Bonchev–Trinajstić information content (AvgIpc) is 3.32. The Labute approximate surface area is 168 Å². The first-order valence-electron chi connectivity index (χ1n) is 9.98. The van der Waals surface area contributed by atoms with Gasteiger partial charge in [-0.25, -0.2) is 15.0 Å². The number of benzene rings is 1. The van der Waals surface area contributed by atoms with Gasteiger partial charge in [0.15, 0.2) is 28.5 Å². The standard InChI is InChI=1S/C20H25N7O2/c1-3-20(24-13-6-4-5-7-14(13)25-20)19-22-17-16(21-15(12-28)26(17)2)18(23-19)27-8-10-29-11-9-27/h4-7,24-25,28H,3,8-12H2,1-2H3. The number of aliphatic hydroxyl groups is 1. The Kier molecular flexibility index (Phi) is 4.29. The van der Waals surface area contributed by atoms with Crippen molar-refractivity contribution in [3.8, 4) is 0 Å². The SMILES string of the molecule is CCC1(c2nc(N3CCOCC3)c3nc(CO)n(C)c3n2)Nc2ccccc2N1. The van der Waals surface area contributed by atoms with Crippen molar-refractivity contribution >= 4 is 28.4 Å². The largest absolute Gasteiger partial charge is 0.388 e. The molecule has 0 aliphatic carbocycles. The summed E-state index contributed by atoms with van der Waals surface area (Å²) in [5, 5.41) is 16.9. The first-order valence-corrected chi connectivity index (χ1v) is 9.98. The van der Waals surface area contributed by atoms with E-state index in [4.69, 9.17) is 14.7 Å². The minimum Gasteiger partial charge on any atom is -0.388 e. The Balaban J connectivity index is 1.69. The van der Waals surface area contributed by atoms with Crippen LogP contribution in [0.25, 0.3) is 11.2 Å². The highest BCUT2D eigenvalue weighted by atomic mass is 16.5. The molecule has 152 valence electrons. The summed E-state index contributed by atoms with van der Waals surface area (Å²) >= 11 is 0. The van der Waals surface area contributed by atoms with Crippen molar-refractivity contribution in [3.63, 3.8) is 0 Å². The molecule has 0 spiro atoms. The van der Waals surface area contributed by atoms with Gasteiger partial charge in [-0.05, 0) is 18.6 Å². The number of imidazole rings is 1. The lowest BCUT2D eigenvalue weighted by atomic mass is 10.1. The highest BCUT2D eigenvalue weighted by molar-refractivity contribution is 5.85. The Bertz CT molecular complexity index is 1030. The lowest BCUT2D eigenvalue weighted by molar-refractivity contribution is 0.122. The number of nitrogens with one attached hydrogen (secondary N) is 2. The summed E-state index contributed by atoms with van der Waals surface area (Å²) in [6.45, 7) is 4.76. The molecule has 0 radical (unpaired) electrons. The summed E-state index contributed by atoms with van der Waals surface area (Å²) in [7, 11) is 1.88. The molecule has 4 heterocycles. The normalized spacial score (nSPS) is 17.8. The van der Waals surface area contributed by atoms with E-state index in [1.807, 2.05) is 23.7 Å². The molecule has 0 saturated carbocycles. The van der Waals surface area contributed by atoms with Crippen LogP contribution >= 0.6 is 0 Å². The van der Waals surface area contributed by atoms with Gasteiger partial charge >= 0.3 is 0 Å². The molecule has 1 fully saturated rings. The molecular weight excluding hydrogens is 370 g/mol. The molecule has 9 heteroatoms. The van der Waals surface area contributed by atoms with Crippen LogP contribution in [0.5, 0.6) is 0 Å². The summed E-state index contributed by atoms with van der Waals surface area (Å²) in [6, 6.07) is 8.12. The van der Waals surface area contributed by atoms with Crippen LogP contribution in [-0.4, -0.2) is 50.9 Å². The Morgan fingerprint density at radius 2 is 1.79 bits per heavy atom. The molecule has 5 rings (SSSR count). The number of ether oxygens (including phenoxy) is 1. The Morgan fingerprint density at radius 3 is 2.41 bits per heavy atom. The summed E-state index contributed by atoms with van der Waals surface area (Å²) in [4.78, 5) is 16.7. The van der Waals surface area contributed by atoms with Gasteiger partial charge in [0.05, 0.1) is 24.6 Å². The van der Waals surface area contributed by atoms with Crippen LogP contribution in [0.1, 0.15) is 25.0 Å². The van der Waals surface area contributed by atoms with Gasteiger partial charge in [0.2, 0.25) is 0 Å².